The summed E-state index contributed by atoms with van der Waals surface area (Å²) in [5, 5.41) is 0.299. The number of rotatable bonds is 5. The average Bonchev–Trinajstić information content (AvgIpc) is 2.74. The Morgan fingerprint density at radius 1 is 1.35 bits per heavy atom. The Bertz CT molecular complexity index is 702. The van der Waals surface area contributed by atoms with Gasteiger partial charge in [-0.15, -0.1) is 6.42 Å². The molecule has 1 aromatic carbocycles. The lowest BCUT2D eigenvalue weighted by atomic mass is 10.2. The molecule has 0 radical (unpaired) electrons. The summed E-state index contributed by atoms with van der Waals surface area (Å²) in [7, 11) is 0. The molecule has 1 aliphatic rings. The maximum Gasteiger partial charge on any atom is 0.293 e. The average molecular weight is 370 g/mol. The molecule has 120 valence electrons. The van der Waals surface area contributed by atoms with Crippen LogP contribution in [-0.2, 0) is 4.79 Å². The highest BCUT2D eigenvalue weighted by Gasteiger charge is 2.34. The van der Waals surface area contributed by atoms with Crippen molar-refractivity contribution in [1.82, 2.24) is 4.90 Å². The van der Waals surface area contributed by atoms with Gasteiger partial charge in [0.1, 0.15) is 6.61 Å². The molecule has 1 saturated heterocycles. The van der Waals surface area contributed by atoms with Crippen LogP contribution in [0.4, 0.5) is 4.79 Å². The van der Waals surface area contributed by atoms with Gasteiger partial charge in [0.25, 0.3) is 11.1 Å². The van der Waals surface area contributed by atoms with Crippen LogP contribution in [0.3, 0.4) is 0 Å². The van der Waals surface area contributed by atoms with Gasteiger partial charge in [0.2, 0.25) is 0 Å². The summed E-state index contributed by atoms with van der Waals surface area (Å²) in [5.74, 6) is 2.32. The van der Waals surface area contributed by atoms with Gasteiger partial charge in [0, 0.05) is 6.54 Å². The third-order valence-electron chi connectivity index (χ3n) is 2.94. The van der Waals surface area contributed by atoms with Crippen LogP contribution in [0.2, 0.25) is 10.0 Å². The van der Waals surface area contributed by atoms with E-state index in [1.807, 2.05) is 6.92 Å². The van der Waals surface area contributed by atoms with Gasteiger partial charge < -0.3 is 4.74 Å². The van der Waals surface area contributed by atoms with Crippen LogP contribution in [0.1, 0.15) is 18.9 Å². The number of nitrogens with zero attached hydrogens (tertiary/aromatic N) is 1. The summed E-state index contributed by atoms with van der Waals surface area (Å²) in [6, 6.07) is 3.21. The van der Waals surface area contributed by atoms with Crippen LogP contribution in [0.5, 0.6) is 5.75 Å². The zero-order valence-corrected chi connectivity index (χ0v) is 14.6. The van der Waals surface area contributed by atoms with Gasteiger partial charge in [-0.3, -0.25) is 14.5 Å². The van der Waals surface area contributed by atoms with Crippen molar-refractivity contribution in [2.75, 3.05) is 13.2 Å². The van der Waals surface area contributed by atoms with Crippen molar-refractivity contribution >= 4 is 52.2 Å². The Hall–Kier alpha value is -1.61. The number of imide groups is 1. The van der Waals surface area contributed by atoms with Crippen LogP contribution in [0, 0.1) is 12.3 Å². The Morgan fingerprint density at radius 2 is 2.00 bits per heavy atom. The van der Waals surface area contributed by atoms with Crippen LogP contribution in [0.25, 0.3) is 6.08 Å². The van der Waals surface area contributed by atoms with E-state index in [0.717, 1.165) is 11.8 Å². The van der Waals surface area contributed by atoms with E-state index < -0.39 is 0 Å². The molecule has 1 aliphatic heterocycles. The molecule has 1 aromatic rings. The number of carbonyl (C=O) groups excluding carboxylic acids is 2. The van der Waals surface area contributed by atoms with Gasteiger partial charge in [0.15, 0.2) is 5.75 Å². The van der Waals surface area contributed by atoms with Gasteiger partial charge in [0.05, 0.1) is 15.0 Å². The van der Waals surface area contributed by atoms with E-state index in [1.54, 1.807) is 18.2 Å². The zero-order chi connectivity index (χ0) is 17.0. The molecule has 0 aromatic heterocycles. The number of hydrogen-bond donors (Lipinski definition) is 0. The molecule has 4 nitrogen and oxygen atoms in total. The van der Waals surface area contributed by atoms with Gasteiger partial charge in [-0.05, 0) is 42.0 Å². The first-order valence-corrected chi connectivity index (χ1v) is 8.35. The lowest BCUT2D eigenvalue weighted by molar-refractivity contribution is -0.122. The first-order valence-electron chi connectivity index (χ1n) is 6.78. The van der Waals surface area contributed by atoms with Crippen molar-refractivity contribution in [2.45, 2.75) is 13.3 Å². The largest absolute Gasteiger partial charge is 0.478 e. The first kappa shape index (κ1) is 17.7. The van der Waals surface area contributed by atoms with Crippen LogP contribution >= 0.6 is 35.0 Å². The number of amides is 2. The van der Waals surface area contributed by atoms with E-state index >= 15 is 0 Å². The maximum absolute atomic E-state index is 12.2. The molecule has 0 aliphatic carbocycles. The Kier molecular flexibility index (Phi) is 6.00. The zero-order valence-electron chi connectivity index (χ0n) is 12.3. The van der Waals surface area contributed by atoms with Crippen LogP contribution < -0.4 is 4.74 Å². The quantitative estimate of drug-likeness (QED) is 0.568. The van der Waals surface area contributed by atoms with E-state index in [9.17, 15) is 9.59 Å². The van der Waals surface area contributed by atoms with Gasteiger partial charge in [-0.1, -0.05) is 36.0 Å². The highest BCUT2D eigenvalue weighted by atomic mass is 35.5. The molecule has 23 heavy (non-hydrogen) atoms. The third-order valence-corrected chi connectivity index (χ3v) is 4.41. The predicted molar refractivity (Wildman–Crippen MR) is 93.8 cm³/mol. The van der Waals surface area contributed by atoms with E-state index in [-0.39, 0.29) is 27.8 Å². The summed E-state index contributed by atoms with van der Waals surface area (Å²) >= 11 is 13.1. The number of hydrogen-bond acceptors (Lipinski definition) is 4. The molecule has 0 saturated carbocycles. The summed E-state index contributed by atoms with van der Waals surface area (Å²) in [6.07, 6.45) is 7.43. The first-order chi connectivity index (χ1) is 11.0. The van der Waals surface area contributed by atoms with E-state index in [1.165, 1.54) is 4.90 Å². The van der Waals surface area contributed by atoms with E-state index in [4.69, 9.17) is 34.4 Å². The molecule has 2 rings (SSSR count). The van der Waals surface area contributed by atoms with Crippen LogP contribution in [0.15, 0.2) is 17.0 Å². The minimum atomic E-state index is -0.304. The highest BCUT2D eigenvalue weighted by molar-refractivity contribution is 8.18. The number of ether oxygens (including phenoxy) is 1. The second kappa shape index (κ2) is 7.78. The monoisotopic (exact) mass is 369 g/mol. The molecular formula is C16H13Cl2NO3S. The number of terminal acetylenes is 1. The van der Waals surface area contributed by atoms with Gasteiger partial charge in [-0.25, -0.2) is 0 Å². The Morgan fingerprint density at radius 3 is 2.57 bits per heavy atom. The maximum atomic E-state index is 12.2. The van der Waals surface area contributed by atoms with Crippen molar-refractivity contribution in [1.29, 1.82) is 0 Å². The smallest absolute Gasteiger partial charge is 0.293 e. The highest BCUT2D eigenvalue weighted by Crippen LogP contribution is 2.37. The minimum absolute atomic E-state index is 0.0503. The molecule has 0 unspecified atom stereocenters. The normalized spacial score (nSPS) is 16.1. The molecular weight excluding hydrogens is 357 g/mol. The summed E-state index contributed by atoms with van der Waals surface area (Å²) in [5.41, 5.74) is 0.607. The topological polar surface area (TPSA) is 46.6 Å². The number of thioether (sulfide) groups is 1. The molecule has 0 atom stereocenters. The Labute approximate surface area is 148 Å². The number of carbonyl (C=O) groups is 2. The van der Waals surface area contributed by atoms with E-state index in [0.29, 0.717) is 29.2 Å². The van der Waals surface area contributed by atoms with Crippen molar-refractivity contribution in [3.8, 4) is 18.1 Å². The minimum Gasteiger partial charge on any atom is -0.478 e. The molecule has 2 amide bonds. The summed E-state index contributed by atoms with van der Waals surface area (Å²) in [4.78, 5) is 25.6. The number of benzene rings is 1. The SMILES string of the molecule is C#CCOc1c(Cl)cc(/C=C2/SC(=O)N(CCC)C2=O)cc1Cl. The lowest BCUT2D eigenvalue weighted by Gasteiger charge is -2.10. The van der Waals surface area contributed by atoms with Gasteiger partial charge >= 0.3 is 0 Å². The molecule has 7 heteroatoms. The van der Waals surface area contributed by atoms with Crippen molar-refractivity contribution < 1.29 is 14.3 Å². The van der Waals surface area contributed by atoms with E-state index in [2.05, 4.69) is 5.92 Å². The standard InChI is InChI=1S/C16H13Cl2NO3S/c1-3-5-19-15(20)13(23-16(19)21)9-10-7-11(17)14(12(18)8-10)22-6-4-2/h2,7-9H,3,5-6H2,1H3/b13-9+. The molecule has 1 heterocycles. The molecule has 1 fully saturated rings. The fourth-order valence-corrected chi connectivity index (χ4v) is 3.46. The van der Waals surface area contributed by atoms with Crippen molar-refractivity contribution in [2.24, 2.45) is 0 Å². The lowest BCUT2D eigenvalue weighted by Crippen LogP contribution is -2.28. The summed E-state index contributed by atoms with van der Waals surface area (Å²) in [6.45, 7) is 2.36. The van der Waals surface area contributed by atoms with Crippen molar-refractivity contribution in [3.05, 3.63) is 32.6 Å². The fraction of sp³-hybridized carbons (Fsp3) is 0.250. The van der Waals surface area contributed by atoms with Crippen molar-refractivity contribution in [3.63, 3.8) is 0 Å². The second-order valence-electron chi connectivity index (χ2n) is 4.64. The van der Waals surface area contributed by atoms with Crippen LogP contribution in [-0.4, -0.2) is 29.2 Å². The fourth-order valence-electron chi connectivity index (χ4n) is 1.98. The predicted octanol–water partition coefficient (Wildman–Crippen LogP) is 4.45. The van der Waals surface area contributed by atoms with Gasteiger partial charge in [-0.2, -0.15) is 0 Å². The molecule has 0 spiro atoms. The molecule has 0 N–H and O–H groups in total. The second-order valence-corrected chi connectivity index (χ2v) is 6.45. The molecule has 0 bridgehead atoms. The Balaban J connectivity index is 2.28. The number of halogens is 2. The summed E-state index contributed by atoms with van der Waals surface area (Å²) < 4.78 is 5.27. The third kappa shape index (κ3) is 4.03.